The van der Waals surface area contributed by atoms with Crippen molar-refractivity contribution in [3.05, 3.63) is 30.6 Å². The van der Waals surface area contributed by atoms with E-state index in [0.717, 1.165) is 30.3 Å². The standard InChI is InChI=1S/C15H19N3O2/c19-9-11-4-3-6-12(11)17-15(20)8-18-10-16-13-5-1-2-7-14(13)18/h1-2,5,7,10-12,19H,3-4,6,8-9H2,(H,17,20). The van der Waals surface area contributed by atoms with Crippen molar-refractivity contribution in [3.63, 3.8) is 0 Å². The van der Waals surface area contributed by atoms with Crippen molar-refractivity contribution in [3.8, 4) is 0 Å². The highest BCUT2D eigenvalue weighted by Crippen LogP contribution is 2.25. The van der Waals surface area contributed by atoms with Gasteiger partial charge < -0.3 is 15.0 Å². The number of rotatable bonds is 4. The number of nitrogens with zero attached hydrogens (tertiary/aromatic N) is 2. The molecule has 1 aliphatic carbocycles. The molecular weight excluding hydrogens is 254 g/mol. The number of para-hydroxylation sites is 2. The molecule has 5 heteroatoms. The van der Waals surface area contributed by atoms with Gasteiger partial charge in [0, 0.05) is 18.6 Å². The molecule has 1 heterocycles. The Balaban J connectivity index is 1.67. The fraction of sp³-hybridized carbons (Fsp3) is 0.467. The predicted molar refractivity (Wildman–Crippen MR) is 76.1 cm³/mol. The lowest BCUT2D eigenvalue weighted by molar-refractivity contribution is -0.122. The molecule has 1 aromatic heterocycles. The first kappa shape index (κ1) is 13.1. The van der Waals surface area contributed by atoms with Crippen molar-refractivity contribution in [2.75, 3.05) is 6.61 Å². The first-order valence-corrected chi connectivity index (χ1v) is 7.08. The van der Waals surface area contributed by atoms with E-state index >= 15 is 0 Å². The Bertz CT molecular complexity index is 608. The Labute approximate surface area is 117 Å². The summed E-state index contributed by atoms with van der Waals surface area (Å²) >= 11 is 0. The molecule has 0 radical (unpaired) electrons. The summed E-state index contributed by atoms with van der Waals surface area (Å²) in [5, 5.41) is 12.3. The number of benzene rings is 1. The monoisotopic (exact) mass is 273 g/mol. The van der Waals surface area contributed by atoms with E-state index in [2.05, 4.69) is 10.3 Å². The fourth-order valence-corrected chi connectivity index (χ4v) is 2.99. The second kappa shape index (κ2) is 5.63. The molecule has 2 atom stereocenters. The number of fused-ring (bicyclic) bond motifs is 1. The average Bonchev–Trinajstić information content (AvgIpc) is 3.06. The van der Waals surface area contributed by atoms with Crippen LogP contribution >= 0.6 is 0 Å². The minimum Gasteiger partial charge on any atom is -0.396 e. The van der Waals surface area contributed by atoms with Crippen LogP contribution < -0.4 is 5.32 Å². The van der Waals surface area contributed by atoms with Crippen LogP contribution in [-0.2, 0) is 11.3 Å². The molecule has 1 saturated carbocycles. The van der Waals surface area contributed by atoms with Crippen LogP contribution in [0, 0.1) is 5.92 Å². The number of aliphatic hydroxyl groups is 1. The number of carbonyl (C=O) groups excluding carboxylic acids is 1. The zero-order chi connectivity index (χ0) is 13.9. The summed E-state index contributed by atoms with van der Waals surface area (Å²) in [5.41, 5.74) is 1.86. The van der Waals surface area contributed by atoms with Crippen molar-refractivity contribution < 1.29 is 9.90 Å². The Kier molecular flexibility index (Phi) is 3.69. The second-order valence-electron chi connectivity index (χ2n) is 5.41. The van der Waals surface area contributed by atoms with Crippen molar-refractivity contribution in [2.24, 2.45) is 5.92 Å². The van der Waals surface area contributed by atoms with Gasteiger partial charge in [-0.2, -0.15) is 0 Å². The summed E-state index contributed by atoms with van der Waals surface area (Å²) in [5.74, 6) is 0.192. The lowest BCUT2D eigenvalue weighted by Crippen LogP contribution is -2.40. The van der Waals surface area contributed by atoms with Gasteiger partial charge in [0.15, 0.2) is 0 Å². The number of amides is 1. The van der Waals surface area contributed by atoms with Gasteiger partial charge in [0.05, 0.1) is 17.4 Å². The molecule has 2 N–H and O–H groups in total. The molecular formula is C15H19N3O2. The van der Waals surface area contributed by atoms with Gasteiger partial charge in [-0.1, -0.05) is 18.6 Å². The SMILES string of the molecule is O=C(Cn1cnc2ccccc21)NC1CCCC1CO. The van der Waals surface area contributed by atoms with Crippen LogP contribution in [0.25, 0.3) is 11.0 Å². The molecule has 0 bridgehead atoms. The Morgan fingerprint density at radius 1 is 1.40 bits per heavy atom. The maximum atomic E-state index is 12.1. The van der Waals surface area contributed by atoms with E-state index < -0.39 is 0 Å². The molecule has 20 heavy (non-hydrogen) atoms. The third-order valence-corrected chi connectivity index (χ3v) is 4.08. The minimum absolute atomic E-state index is 0.0153. The third kappa shape index (κ3) is 2.54. The first-order valence-electron chi connectivity index (χ1n) is 7.08. The number of imidazole rings is 1. The molecule has 1 amide bonds. The van der Waals surface area contributed by atoms with E-state index in [4.69, 9.17) is 0 Å². The van der Waals surface area contributed by atoms with E-state index in [-0.39, 0.29) is 31.0 Å². The van der Waals surface area contributed by atoms with Crippen molar-refractivity contribution in [2.45, 2.75) is 31.8 Å². The summed E-state index contributed by atoms with van der Waals surface area (Å²) < 4.78 is 1.85. The Hall–Kier alpha value is -1.88. The highest BCUT2D eigenvalue weighted by molar-refractivity contribution is 5.80. The highest BCUT2D eigenvalue weighted by Gasteiger charge is 2.27. The first-order chi connectivity index (χ1) is 9.78. The Morgan fingerprint density at radius 3 is 3.10 bits per heavy atom. The van der Waals surface area contributed by atoms with Gasteiger partial charge in [0.25, 0.3) is 0 Å². The predicted octanol–water partition coefficient (Wildman–Crippen LogP) is 1.31. The van der Waals surface area contributed by atoms with Gasteiger partial charge in [-0.05, 0) is 25.0 Å². The molecule has 0 saturated heterocycles. The lowest BCUT2D eigenvalue weighted by Gasteiger charge is -2.19. The van der Waals surface area contributed by atoms with Gasteiger partial charge in [0.2, 0.25) is 5.91 Å². The summed E-state index contributed by atoms with van der Waals surface area (Å²) in [6, 6.07) is 7.88. The zero-order valence-corrected chi connectivity index (χ0v) is 11.3. The second-order valence-corrected chi connectivity index (χ2v) is 5.41. The molecule has 5 nitrogen and oxygen atoms in total. The van der Waals surface area contributed by atoms with E-state index in [1.54, 1.807) is 6.33 Å². The molecule has 0 aliphatic heterocycles. The normalized spacial score (nSPS) is 22.2. The minimum atomic E-state index is -0.0153. The third-order valence-electron chi connectivity index (χ3n) is 4.08. The zero-order valence-electron chi connectivity index (χ0n) is 11.3. The molecule has 106 valence electrons. The quantitative estimate of drug-likeness (QED) is 0.882. The number of hydrogen-bond donors (Lipinski definition) is 2. The highest BCUT2D eigenvalue weighted by atomic mass is 16.3. The van der Waals surface area contributed by atoms with Gasteiger partial charge in [0.1, 0.15) is 6.54 Å². The molecule has 1 aliphatic rings. The summed E-state index contributed by atoms with van der Waals surface area (Å²) in [7, 11) is 0. The van der Waals surface area contributed by atoms with Crippen LogP contribution in [-0.4, -0.2) is 33.2 Å². The summed E-state index contributed by atoms with van der Waals surface area (Å²) in [4.78, 5) is 16.4. The van der Waals surface area contributed by atoms with Crippen LogP contribution in [0.15, 0.2) is 30.6 Å². The smallest absolute Gasteiger partial charge is 0.240 e. The van der Waals surface area contributed by atoms with E-state index in [1.807, 2.05) is 28.8 Å². The van der Waals surface area contributed by atoms with Crippen LogP contribution in [0.4, 0.5) is 0 Å². The van der Waals surface area contributed by atoms with Gasteiger partial charge >= 0.3 is 0 Å². The van der Waals surface area contributed by atoms with Crippen LogP contribution in [0.2, 0.25) is 0 Å². The van der Waals surface area contributed by atoms with Crippen molar-refractivity contribution in [1.29, 1.82) is 0 Å². The lowest BCUT2D eigenvalue weighted by atomic mass is 10.1. The number of carbonyl (C=O) groups is 1. The molecule has 2 aromatic rings. The topological polar surface area (TPSA) is 67.2 Å². The van der Waals surface area contributed by atoms with Crippen LogP contribution in [0.5, 0.6) is 0 Å². The molecule has 1 aromatic carbocycles. The molecule has 1 fully saturated rings. The van der Waals surface area contributed by atoms with E-state index in [0.29, 0.717) is 0 Å². The average molecular weight is 273 g/mol. The number of nitrogens with one attached hydrogen (secondary N) is 1. The summed E-state index contributed by atoms with van der Waals surface area (Å²) in [6.45, 7) is 0.425. The van der Waals surface area contributed by atoms with Crippen molar-refractivity contribution in [1.82, 2.24) is 14.9 Å². The van der Waals surface area contributed by atoms with Gasteiger partial charge in [-0.15, -0.1) is 0 Å². The maximum absolute atomic E-state index is 12.1. The number of aromatic nitrogens is 2. The number of aliphatic hydroxyl groups excluding tert-OH is 1. The van der Waals surface area contributed by atoms with Gasteiger partial charge in [-0.3, -0.25) is 4.79 Å². The van der Waals surface area contributed by atoms with Crippen LogP contribution in [0.1, 0.15) is 19.3 Å². The van der Waals surface area contributed by atoms with Gasteiger partial charge in [-0.25, -0.2) is 4.98 Å². The van der Waals surface area contributed by atoms with E-state index in [9.17, 15) is 9.90 Å². The largest absolute Gasteiger partial charge is 0.396 e. The summed E-state index contributed by atoms with van der Waals surface area (Å²) in [6.07, 6.45) is 4.73. The fourth-order valence-electron chi connectivity index (χ4n) is 2.99. The van der Waals surface area contributed by atoms with Crippen LogP contribution in [0.3, 0.4) is 0 Å². The maximum Gasteiger partial charge on any atom is 0.240 e. The molecule has 0 spiro atoms. The number of hydrogen-bond acceptors (Lipinski definition) is 3. The Morgan fingerprint density at radius 2 is 2.25 bits per heavy atom. The van der Waals surface area contributed by atoms with E-state index in [1.165, 1.54) is 0 Å². The van der Waals surface area contributed by atoms with Crippen molar-refractivity contribution >= 4 is 16.9 Å². The molecule has 2 unspecified atom stereocenters. The molecule has 3 rings (SSSR count).